The van der Waals surface area contributed by atoms with Crippen LogP contribution in [0.1, 0.15) is 23.2 Å². The summed E-state index contributed by atoms with van der Waals surface area (Å²) in [6, 6.07) is 10.7. The number of hydrogen-bond donors (Lipinski definition) is 2. The highest BCUT2D eigenvalue weighted by Gasteiger charge is 2.25. The molecule has 2 aromatic rings. The highest BCUT2D eigenvalue weighted by Crippen LogP contribution is 2.24. The summed E-state index contributed by atoms with van der Waals surface area (Å²) in [6.07, 6.45) is 5.34. The number of benzene rings is 1. The van der Waals surface area contributed by atoms with Gasteiger partial charge < -0.3 is 20.3 Å². The summed E-state index contributed by atoms with van der Waals surface area (Å²) in [4.78, 5) is 31.1. The number of amides is 3. The van der Waals surface area contributed by atoms with E-state index in [2.05, 4.69) is 15.6 Å². The zero-order chi connectivity index (χ0) is 20.6. The topological polar surface area (TPSA) is 83.6 Å². The second kappa shape index (κ2) is 10.2. The number of thioether (sulfide) groups is 1. The number of likely N-dealkylation sites (tertiary alicyclic amines) is 1. The van der Waals surface area contributed by atoms with Gasteiger partial charge in [0.15, 0.2) is 0 Å². The number of hydrogen-bond acceptors (Lipinski definition) is 5. The van der Waals surface area contributed by atoms with Gasteiger partial charge in [0.05, 0.1) is 18.4 Å². The number of ether oxygens (including phenoxy) is 1. The first-order valence-corrected chi connectivity index (χ1v) is 10.8. The number of aromatic nitrogens is 1. The second-order valence-corrected chi connectivity index (χ2v) is 7.63. The first kappa shape index (κ1) is 21.0. The number of anilines is 1. The predicted molar refractivity (Wildman–Crippen MR) is 115 cm³/mol. The summed E-state index contributed by atoms with van der Waals surface area (Å²) >= 11 is 1.48. The molecule has 8 heteroatoms. The van der Waals surface area contributed by atoms with Crippen LogP contribution in [-0.4, -0.2) is 54.8 Å². The Labute approximate surface area is 175 Å². The van der Waals surface area contributed by atoms with Crippen molar-refractivity contribution < 1.29 is 14.3 Å². The van der Waals surface area contributed by atoms with Crippen LogP contribution in [-0.2, 0) is 0 Å². The number of pyridine rings is 1. The third-order valence-electron chi connectivity index (χ3n) is 5.00. The quantitative estimate of drug-likeness (QED) is 0.707. The van der Waals surface area contributed by atoms with E-state index in [1.54, 1.807) is 31.5 Å². The fourth-order valence-electron chi connectivity index (χ4n) is 3.38. The molecule has 7 nitrogen and oxygen atoms in total. The Morgan fingerprint density at radius 2 is 1.97 bits per heavy atom. The van der Waals surface area contributed by atoms with Crippen molar-refractivity contribution in [3.63, 3.8) is 0 Å². The van der Waals surface area contributed by atoms with E-state index in [0.29, 0.717) is 42.6 Å². The van der Waals surface area contributed by atoms with Crippen molar-refractivity contribution in [1.29, 1.82) is 0 Å². The van der Waals surface area contributed by atoms with Gasteiger partial charge in [-0.2, -0.15) is 0 Å². The monoisotopic (exact) mass is 414 g/mol. The van der Waals surface area contributed by atoms with Crippen LogP contribution in [0.2, 0.25) is 0 Å². The maximum absolute atomic E-state index is 12.8. The van der Waals surface area contributed by atoms with Crippen molar-refractivity contribution in [2.24, 2.45) is 5.92 Å². The van der Waals surface area contributed by atoms with Crippen molar-refractivity contribution in [2.75, 3.05) is 38.3 Å². The number of methoxy groups -OCH3 is 1. The van der Waals surface area contributed by atoms with Gasteiger partial charge >= 0.3 is 6.03 Å². The molecule has 1 aliphatic rings. The number of rotatable bonds is 6. The number of nitrogens with zero attached hydrogens (tertiary/aromatic N) is 2. The number of nitrogens with one attached hydrogen (secondary N) is 2. The maximum atomic E-state index is 12.8. The molecular weight excluding hydrogens is 388 g/mol. The molecule has 0 radical (unpaired) electrons. The lowest BCUT2D eigenvalue weighted by atomic mass is 9.96. The molecule has 0 atom stereocenters. The number of para-hydroxylation sites is 2. The molecule has 2 heterocycles. The SMILES string of the molecule is COc1ccccc1NC(=O)NCC1CCN(C(=O)c2cccnc2SC)CC1. The molecule has 2 N–H and O–H groups in total. The van der Waals surface area contributed by atoms with E-state index >= 15 is 0 Å². The average Bonchev–Trinajstić information content (AvgIpc) is 2.78. The van der Waals surface area contributed by atoms with Crippen molar-refractivity contribution in [3.05, 3.63) is 48.2 Å². The van der Waals surface area contributed by atoms with E-state index in [0.717, 1.165) is 17.9 Å². The van der Waals surface area contributed by atoms with Crippen molar-refractivity contribution in [3.8, 4) is 5.75 Å². The van der Waals surface area contributed by atoms with Crippen LogP contribution in [0.15, 0.2) is 47.6 Å². The second-order valence-electron chi connectivity index (χ2n) is 6.83. The smallest absolute Gasteiger partial charge is 0.319 e. The number of carbonyl (C=O) groups is 2. The normalized spacial score (nSPS) is 14.3. The average molecular weight is 415 g/mol. The van der Waals surface area contributed by atoms with Gasteiger partial charge in [0.2, 0.25) is 0 Å². The fourth-order valence-corrected chi connectivity index (χ4v) is 3.92. The zero-order valence-electron chi connectivity index (χ0n) is 16.7. The minimum Gasteiger partial charge on any atom is -0.495 e. The van der Waals surface area contributed by atoms with E-state index < -0.39 is 0 Å². The molecule has 0 unspecified atom stereocenters. The van der Waals surface area contributed by atoms with E-state index in [1.165, 1.54) is 11.8 Å². The van der Waals surface area contributed by atoms with Crippen LogP contribution < -0.4 is 15.4 Å². The summed E-state index contributed by atoms with van der Waals surface area (Å²) in [5.41, 5.74) is 1.29. The van der Waals surface area contributed by atoms with Gasteiger partial charge in [-0.15, -0.1) is 11.8 Å². The lowest BCUT2D eigenvalue weighted by Crippen LogP contribution is -2.42. The minimum absolute atomic E-state index is 0.0303. The molecular formula is C21H26N4O3S. The van der Waals surface area contributed by atoms with Crippen molar-refractivity contribution in [1.82, 2.24) is 15.2 Å². The Hall–Kier alpha value is -2.74. The molecule has 1 aromatic heterocycles. The largest absolute Gasteiger partial charge is 0.495 e. The molecule has 1 aromatic carbocycles. The van der Waals surface area contributed by atoms with Crippen molar-refractivity contribution >= 4 is 29.4 Å². The van der Waals surface area contributed by atoms with E-state index in [9.17, 15) is 9.59 Å². The van der Waals surface area contributed by atoms with Crippen LogP contribution in [0.4, 0.5) is 10.5 Å². The molecule has 154 valence electrons. The highest BCUT2D eigenvalue weighted by atomic mass is 32.2. The minimum atomic E-state index is -0.257. The Bertz CT molecular complexity index is 853. The van der Waals surface area contributed by atoms with Gasteiger partial charge in [0.1, 0.15) is 10.8 Å². The van der Waals surface area contributed by atoms with Crippen LogP contribution in [0.25, 0.3) is 0 Å². The summed E-state index contributed by atoms with van der Waals surface area (Å²) in [5.74, 6) is 0.994. The van der Waals surface area contributed by atoms with Crippen LogP contribution in [0.3, 0.4) is 0 Å². The predicted octanol–water partition coefficient (Wildman–Crippen LogP) is 3.49. The molecule has 0 bridgehead atoms. The lowest BCUT2D eigenvalue weighted by Gasteiger charge is -2.32. The molecule has 3 rings (SSSR count). The molecule has 0 spiro atoms. The Morgan fingerprint density at radius 3 is 2.69 bits per heavy atom. The zero-order valence-corrected chi connectivity index (χ0v) is 17.5. The molecule has 1 aliphatic heterocycles. The lowest BCUT2D eigenvalue weighted by molar-refractivity contribution is 0.0686. The highest BCUT2D eigenvalue weighted by molar-refractivity contribution is 7.98. The van der Waals surface area contributed by atoms with Gasteiger partial charge in [0, 0.05) is 25.8 Å². The summed E-state index contributed by atoms with van der Waals surface area (Å²) in [5, 5.41) is 6.50. The molecule has 29 heavy (non-hydrogen) atoms. The van der Waals surface area contributed by atoms with Crippen LogP contribution in [0, 0.1) is 5.92 Å². The number of urea groups is 1. The molecule has 0 saturated carbocycles. The maximum Gasteiger partial charge on any atom is 0.319 e. The third kappa shape index (κ3) is 5.41. The Balaban J connectivity index is 1.46. The van der Waals surface area contributed by atoms with Gasteiger partial charge in [-0.25, -0.2) is 9.78 Å². The first-order chi connectivity index (χ1) is 14.1. The van der Waals surface area contributed by atoms with Gasteiger partial charge in [0.25, 0.3) is 5.91 Å². The molecule has 1 saturated heterocycles. The number of carbonyl (C=O) groups excluding carboxylic acids is 2. The molecule has 0 aliphatic carbocycles. The van der Waals surface area contributed by atoms with Gasteiger partial charge in [-0.1, -0.05) is 12.1 Å². The summed E-state index contributed by atoms with van der Waals surface area (Å²) < 4.78 is 5.24. The first-order valence-electron chi connectivity index (χ1n) is 9.58. The van der Waals surface area contributed by atoms with E-state index in [4.69, 9.17) is 4.74 Å². The number of piperidine rings is 1. The van der Waals surface area contributed by atoms with Crippen molar-refractivity contribution in [2.45, 2.75) is 17.9 Å². The van der Waals surface area contributed by atoms with Crippen LogP contribution >= 0.6 is 11.8 Å². The molecule has 3 amide bonds. The fraction of sp³-hybridized carbons (Fsp3) is 0.381. The summed E-state index contributed by atoms with van der Waals surface area (Å²) in [6.45, 7) is 1.94. The van der Waals surface area contributed by atoms with Gasteiger partial charge in [-0.05, 0) is 49.3 Å². The Morgan fingerprint density at radius 1 is 1.21 bits per heavy atom. The standard InChI is InChI=1S/C21H26N4O3S/c1-28-18-8-4-3-7-17(18)24-21(27)23-14-15-9-12-25(13-10-15)20(26)16-6-5-11-22-19(16)29-2/h3-8,11,15H,9-10,12-14H2,1-2H3,(H2,23,24,27). The summed E-state index contributed by atoms with van der Waals surface area (Å²) in [7, 11) is 1.57. The van der Waals surface area contributed by atoms with E-state index in [1.807, 2.05) is 29.4 Å². The molecule has 1 fully saturated rings. The third-order valence-corrected chi connectivity index (χ3v) is 5.72. The Kier molecular flexibility index (Phi) is 7.35. The van der Waals surface area contributed by atoms with Crippen LogP contribution in [0.5, 0.6) is 5.75 Å². The van der Waals surface area contributed by atoms with Gasteiger partial charge in [-0.3, -0.25) is 4.79 Å². The van der Waals surface area contributed by atoms with E-state index in [-0.39, 0.29) is 11.9 Å².